The predicted molar refractivity (Wildman–Crippen MR) is 84.2 cm³/mol. The Morgan fingerprint density at radius 3 is 2.71 bits per heavy atom. The van der Waals surface area contributed by atoms with E-state index in [-0.39, 0.29) is 16.7 Å². The van der Waals surface area contributed by atoms with Gasteiger partial charge in [-0.2, -0.15) is 5.26 Å². The van der Waals surface area contributed by atoms with Crippen LogP contribution >= 0.6 is 23.2 Å². The number of anilines is 1. The standard InChI is InChI=1S/C14H10Cl2N4O/c15-9-2-1-3-11(13(9)16)20-14(18)19-10-5-4-8(7-17)6-12(10)21/h1-6,21H,(H3,18,19,20). The predicted octanol–water partition coefficient (Wildman–Crippen LogP) is 3.63. The molecular weight excluding hydrogens is 311 g/mol. The molecule has 2 aromatic rings. The number of phenols is 1. The number of aliphatic imine (C=N–C) groups is 1. The van der Waals surface area contributed by atoms with E-state index in [2.05, 4.69) is 10.3 Å². The monoisotopic (exact) mass is 320 g/mol. The van der Waals surface area contributed by atoms with E-state index in [4.69, 9.17) is 34.2 Å². The van der Waals surface area contributed by atoms with Crippen molar-refractivity contribution in [3.05, 3.63) is 52.0 Å². The van der Waals surface area contributed by atoms with Crippen LogP contribution in [0.25, 0.3) is 0 Å². The molecule has 0 fully saturated rings. The Morgan fingerprint density at radius 2 is 2.05 bits per heavy atom. The highest BCUT2D eigenvalue weighted by Gasteiger charge is 2.06. The Labute approximate surface area is 131 Å². The van der Waals surface area contributed by atoms with E-state index in [1.807, 2.05) is 6.07 Å². The van der Waals surface area contributed by atoms with Gasteiger partial charge in [-0.15, -0.1) is 0 Å². The zero-order valence-electron chi connectivity index (χ0n) is 10.6. The molecule has 0 aliphatic carbocycles. The lowest BCUT2D eigenvalue weighted by atomic mass is 10.2. The van der Waals surface area contributed by atoms with E-state index in [9.17, 15) is 5.11 Å². The summed E-state index contributed by atoms with van der Waals surface area (Å²) >= 11 is 11.9. The van der Waals surface area contributed by atoms with Crippen LogP contribution in [0.2, 0.25) is 10.0 Å². The first kappa shape index (κ1) is 15.0. The van der Waals surface area contributed by atoms with Gasteiger partial charge in [0.25, 0.3) is 0 Å². The molecule has 0 aliphatic rings. The Hall–Kier alpha value is -2.42. The number of aromatic hydroxyl groups is 1. The Bertz CT molecular complexity index is 753. The van der Waals surface area contributed by atoms with Crippen molar-refractivity contribution in [2.45, 2.75) is 0 Å². The van der Waals surface area contributed by atoms with E-state index < -0.39 is 0 Å². The molecule has 2 aromatic carbocycles. The maximum Gasteiger partial charge on any atom is 0.198 e. The molecular formula is C14H10Cl2N4O. The highest BCUT2D eigenvalue weighted by Crippen LogP contribution is 2.32. The molecule has 0 radical (unpaired) electrons. The summed E-state index contributed by atoms with van der Waals surface area (Å²) in [7, 11) is 0. The van der Waals surface area contributed by atoms with Gasteiger partial charge in [0.2, 0.25) is 0 Å². The van der Waals surface area contributed by atoms with Gasteiger partial charge in [-0.1, -0.05) is 29.3 Å². The van der Waals surface area contributed by atoms with Gasteiger partial charge in [0.15, 0.2) is 5.96 Å². The van der Waals surface area contributed by atoms with Crippen LogP contribution in [-0.2, 0) is 0 Å². The van der Waals surface area contributed by atoms with E-state index in [0.29, 0.717) is 22.0 Å². The number of nitrogens with two attached hydrogens (primary N) is 1. The van der Waals surface area contributed by atoms with Crippen LogP contribution in [-0.4, -0.2) is 11.1 Å². The van der Waals surface area contributed by atoms with Crippen LogP contribution in [0.5, 0.6) is 5.75 Å². The lowest BCUT2D eigenvalue weighted by Crippen LogP contribution is -2.22. The molecule has 0 atom stereocenters. The largest absolute Gasteiger partial charge is 0.506 e. The van der Waals surface area contributed by atoms with E-state index >= 15 is 0 Å². The van der Waals surface area contributed by atoms with E-state index in [1.165, 1.54) is 12.1 Å². The van der Waals surface area contributed by atoms with Gasteiger partial charge in [-0.05, 0) is 30.3 Å². The van der Waals surface area contributed by atoms with Crippen LogP contribution in [0.15, 0.2) is 41.4 Å². The second-order valence-electron chi connectivity index (χ2n) is 4.04. The molecule has 0 unspecified atom stereocenters. The van der Waals surface area contributed by atoms with Gasteiger partial charge in [-0.3, -0.25) is 0 Å². The third kappa shape index (κ3) is 3.57. The van der Waals surface area contributed by atoms with Gasteiger partial charge in [-0.25, -0.2) is 4.99 Å². The fourth-order valence-corrected chi connectivity index (χ4v) is 1.92. The van der Waals surface area contributed by atoms with Gasteiger partial charge in [0.05, 0.1) is 33.1 Å². The number of guanidine groups is 1. The van der Waals surface area contributed by atoms with Gasteiger partial charge in [0.1, 0.15) is 5.75 Å². The third-order valence-electron chi connectivity index (χ3n) is 2.56. The first-order chi connectivity index (χ1) is 10.0. The van der Waals surface area contributed by atoms with Crippen LogP contribution < -0.4 is 11.1 Å². The van der Waals surface area contributed by atoms with E-state index in [1.54, 1.807) is 24.3 Å². The number of rotatable bonds is 2. The van der Waals surface area contributed by atoms with Crippen molar-refractivity contribution in [1.82, 2.24) is 0 Å². The number of hydrogen-bond acceptors (Lipinski definition) is 3. The molecule has 7 heteroatoms. The molecule has 2 rings (SSSR count). The average molecular weight is 321 g/mol. The molecule has 106 valence electrons. The zero-order valence-corrected chi connectivity index (χ0v) is 12.2. The number of nitriles is 1. The summed E-state index contributed by atoms with van der Waals surface area (Å²) in [6.45, 7) is 0. The molecule has 0 aromatic heterocycles. The highest BCUT2D eigenvalue weighted by atomic mass is 35.5. The Morgan fingerprint density at radius 1 is 1.29 bits per heavy atom. The zero-order chi connectivity index (χ0) is 15.4. The smallest absolute Gasteiger partial charge is 0.198 e. The molecule has 5 nitrogen and oxygen atoms in total. The average Bonchev–Trinajstić information content (AvgIpc) is 2.46. The van der Waals surface area contributed by atoms with Crippen molar-refractivity contribution in [2.24, 2.45) is 10.7 Å². The molecule has 4 N–H and O–H groups in total. The molecule has 0 saturated carbocycles. The minimum Gasteiger partial charge on any atom is -0.506 e. The topological polar surface area (TPSA) is 94.4 Å². The van der Waals surface area contributed by atoms with Crippen molar-refractivity contribution in [3.63, 3.8) is 0 Å². The second kappa shape index (κ2) is 6.35. The van der Waals surface area contributed by atoms with Crippen molar-refractivity contribution in [2.75, 3.05) is 5.32 Å². The van der Waals surface area contributed by atoms with Crippen LogP contribution in [0, 0.1) is 11.3 Å². The first-order valence-corrected chi connectivity index (χ1v) is 6.55. The van der Waals surface area contributed by atoms with Crippen LogP contribution in [0.3, 0.4) is 0 Å². The summed E-state index contributed by atoms with van der Waals surface area (Å²) in [5.74, 6) is -0.0800. The number of halogens is 2. The van der Waals surface area contributed by atoms with Crippen LogP contribution in [0.1, 0.15) is 5.56 Å². The normalized spacial score (nSPS) is 11.0. The fraction of sp³-hybridized carbons (Fsp3) is 0. The lowest BCUT2D eigenvalue weighted by molar-refractivity contribution is 0.477. The first-order valence-electron chi connectivity index (χ1n) is 5.79. The number of nitrogens with one attached hydrogen (secondary N) is 1. The molecule has 0 bridgehead atoms. The molecule has 0 heterocycles. The highest BCUT2D eigenvalue weighted by molar-refractivity contribution is 6.43. The summed E-state index contributed by atoms with van der Waals surface area (Å²) in [6, 6.07) is 11.3. The minimum absolute atomic E-state index is 0.0270. The number of hydrogen-bond donors (Lipinski definition) is 3. The maximum atomic E-state index is 9.76. The number of benzene rings is 2. The third-order valence-corrected chi connectivity index (χ3v) is 3.37. The van der Waals surface area contributed by atoms with Crippen molar-refractivity contribution in [3.8, 4) is 11.8 Å². The molecule has 0 aliphatic heterocycles. The summed E-state index contributed by atoms with van der Waals surface area (Å²) < 4.78 is 0. The second-order valence-corrected chi connectivity index (χ2v) is 4.82. The summed E-state index contributed by atoms with van der Waals surface area (Å²) in [4.78, 5) is 4.09. The maximum absolute atomic E-state index is 9.76. The van der Waals surface area contributed by atoms with Gasteiger partial charge >= 0.3 is 0 Å². The van der Waals surface area contributed by atoms with Gasteiger partial charge < -0.3 is 16.2 Å². The van der Waals surface area contributed by atoms with Crippen molar-refractivity contribution in [1.29, 1.82) is 5.26 Å². The van der Waals surface area contributed by atoms with E-state index in [0.717, 1.165) is 0 Å². The molecule has 0 amide bonds. The summed E-state index contributed by atoms with van der Waals surface area (Å²) in [6.07, 6.45) is 0. The minimum atomic E-state index is -0.107. The quantitative estimate of drug-likeness (QED) is 0.447. The molecule has 21 heavy (non-hydrogen) atoms. The lowest BCUT2D eigenvalue weighted by Gasteiger charge is -2.08. The summed E-state index contributed by atoms with van der Waals surface area (Å²) in [5, 5.41) is 21.9. The fourth-order valence-electron chi connectivity index (χ4n) is 1.58. The molecule has 0 spiro atoms. The van der Waals surface area contributed by atoms with Crippen molar-refractivity contribution >= 4 is 40.5 Å². The molecule has 0 saturated heterocycles. The van der Waals surface area contributed by atoms with Crippen LogP contribution in [0.4, 0.5) is 11.4 Å². The number of nitrogens with zero attached hydrogens (tertiary/aromatic N) is 2. The Balaban J connectivity index is 2.25. The van der Waals surface area contributed by atoms with Crippen molar-refractivity contribution < 1.29 is 5.11 Å². The number of phenolic OH excluding ortho intramolecular Hbond substituents is 1. The van der Waals surface area contributed by atoms with Gasteiger partial charge in [0, 0.05) is 0 Å². The Kier molecular flexibility index (Phi) is 4.53. The SMILES string of the molecule is N#Cc1ccc(NC(N)=Nc2cccc(Cl)c2Cl)c(O)c1. The summed E-state index contributed by atoms with van der Waals surface area (Å²) in [5.41, 5.74) is 6.83.